The Kier molecular flexibility index (Phi) is 10.4. The lowest BCUT2D eigenvalue weighted by atomic mass is 10.4. The number of likely N-dealkylation sites (N-methyl/N-ethyl adjacent to an activating group) is 1. The SMILES string of the molecule is C/C=C\OCC(COP(=O)([O-])OCC[N+](C)(C)C)O/C=C\C. The quantitative estimate of drug-likeness (QED) is 0.306. The van der Waals surface area contributed by atoms with Gasteiger partial charge in [-0.1, -0.05) is 12.2 Å². The maximum Gasteiger partial charge on any atom is 0.268 e. The molecule has 0 fully saturated rings. The Morgan fingerprint density at radius 3 is 2.27 bits per heavy atom. The predicted molar refractivity (Wildman–Crippen MR) is 82.9 cm³/mol. The number of hydrogen-bond acceptors (Lipinski definition) is 6. The molecule has 0 spiro atoms. The lowest BCUT2D eigenvalue weighted by molar-refractivity contribution is -0.870. The lowest BCUT2D eigenvalue weighted by Crippen LogP contribution is -2.37. The van der Waals surface area contributed by atoms with Gasteiger partial charge in [0.05, 0.1) is 40.3 Å². The molecule has 0 heterocycles. The second-order valence-electron chi connectivity index (χ2n) is 5.62. The van der Waals surface area contributed by atoms with E-state index >= 15 is 0 Å². The monoisotopic (exact) mass is 337 g/mol. The minimum atomic E-state index is -4.34. The zero-order chi connectivity index (χ0) is 17.1. The molecule has 130 valence electrons. The third-order valence-corrected chi connectivity index (χ3v) is 3.32. The van der Waals surface area contributed by atoms with Crippen LogP contribution in [0.25, 0.3) is 0 Å². The van der Waals surface area contributed by atoms with Crippen LogP contribution >= 0.6 is 7.82 Å². The van der Waals surface area contributed by atoms with Crippen molar-refractivity contribution in [2.24, 2.45) is 0 Å². The van der Waals surface area contributed by atoms with Crippen molar-refractivity contribution >= 4 is 7.82 Å². The third-order valence-electron chi connectivity index (χ3n) is 2.35. The fourth-order valence-electron chi connectivity index (χ4n) is 1.21. The maximum absolute atomic E-state index is 11.7. The standard InChI is InChI=1S/C14H28NO6P/c1-6-9-18-12-14(19-10-7-2)13-21-22(16,17)20-11-8-15(3,4)5/h6-7,9-10,14H,8,11-13H2,1-5H3/b9-6-,10-7-. The van der Waals surface area contributed by atoms with E-state index in [1.165, 1.54) is 12.5 Å². The molecule has 22 heavy (non-hydrogen) atoms. The summed E-state index contributed by atoms with van der Waals surface area (Å²) < 4.78 is 32.4. The fourth-order valence-corrected chi connectivity index (χ4v) is 1.94. The van der Waals surface area contributed by atoms with E-state index in [1.54, 1.807) is 19.1 Å². The van der Waals surface area contributed by atoms with Crippen molar-refractivity contribution in [1.29, 1.82) is 0 Å². The second-order valence-corrected chi connectivity index (χ2v) is 7.03. The van der Waals surface area contributed by atoms with Gasteiger partial charge in [0.2, 0.25) is 0 Å². The van der Waals surface area contributed by atoms with Crippen LogP contribution in [-0.2, 0) is 23.1 Å². The summed E-state index contributed by atoms with van der Waals surface area (Å²) in [6.45, 7) is 4.22. The molecule has 0 aliphatic heterocycles. The highest BCUT2D eigenvalue weighted by Crippen LogP contribution is 2.38. The minimum absolute atomic E-state index is 0.0692. The van der Waals surface area contributed by atoms with Gasteiger partial charge in [-0.05, 0) is 13.8 Å². The molecule has 2 atom stereocenters. The summed E-state index contributed by atoms with van der Waals surface area (Å²) in [7, 11) is 1.49. The maximum atomic E-state index is 11.7. The number of phosphoric ester groups is 1. The molecule has 0 aromatic rings. The van der Waals surface area contributed by atoms with Crippen LogP contribution in [0.3, 0.4) is 0 Å². The molecule has 0 aromatic heterocycles. The van der Waals surface area contributed by atoms with Gasteiger partial charge in [0.15, 0.2) is 6.10 Å². The number of rotatable bonds is 12. The number of hydrogen-bond donors (Lipinski definition) is 0. The van der Waals surface area contributed by atoms with Crippen LogP contribution in [0.4, 0.5) is 0 Å². The van der Waals surface area contributed by atoms with E-state index in [2.05, 4.69) is 0 Å². The average molecular weight is 337 g/mol. The van der Waals surface area contributed by atoms with E-state index in [0.29, 0.717) is 11.0 Å². The summed E-state index contributed by atoms with van der Waals surface area (Å²) in [4.78, 5) is 11.7. The minimum Gasteiger partial charge on any atom is -0.756 e. The Balaban J connectivity index is 4.26. The van der Waals surface area contributed by atoms with Crippen molar-refractivity contribution in [3.05, 3.63) is 24.7 Å². The molecule has 7 nitrogen and oxygen atoms in total. The molecule has 0 aromatic carbocycles. The first-order valence-electron chi connectivity index (χ1n) is 7.10. The summed E-state index contributed by atoms with van der Waals surface area (Å²) in [5.41, 5.74) is 0. The number of nitrogens with zero attached hydrogens (tertiary/aromatic N) is 1. The molecular weight excluding hydrogens is 309 g/mol. The van der Waals surface area contributed by atoms with Crippen LogP contribution in [0, 0.1) is 0 Å². The van der Waals surface area contributed by atoms with Gasteiger partial charge in [-0.25, -0.2) is 0 Å². The number of quaternary nitrogens is 1. The van der Waals surface area contributed by atoms with E-state index in [-0.39, 0.29) is 19.8 Å². The Bertz CT molecular complexity index is 391. The van der Waals surface area contributed by atoms with Crippen molar-refractivity contribution < 1.29 is 32.5 Å². The second kappa shape index (κ2) is 10.8. The molecule has 2 unspecified atom stereocenters. The molecular formula is C14H28NO6P. The summed E-state index contributed by atoms with van der Waals surface area (Å²) in [6, 6.07) is 0. The third kappa shape index (κ3) is 12.9. The highest BCUT2D eigenvalue weighted by Gasteiger charge is 2.17. The molecule has 0 amide bonds. The smallest absolute Gasteiger partial charge is 0.268 e. The first-order valence-corrected chi connectivity index (χ1v) is 8.56. The highest BCUT2D eigenvalue weighted by molar-refractivity contribution is 7.45. The topological polar surface area (TPSA) is 77.1 Å². The summed E-state index contributed by atoms with van der Waals surface area (Å²) in [5.74, 6) is 0. The number of phosphoric acid groups is 1. The van der Waals surface area contributed by atoms with Gasteiger partial charge in [-0.2, -0.15) is 0 Å². The van der Waals surface area contributed by atoms with Crippen LogP contribution in [-0.4, -0.2) is 58.1 Å². The van der Waals surface area contributed by atoms with E-state index in [1.807, 2.05) is 28.1 Å². The molecule has 0 N–H and O–H groups in total. The zero-order valence-electron chi connectivity index (χ0n) is 14.1. The van der Waals surface area contributed by atoms with E-state index in [4.69, 9.17) is 18.5 Å². The lowest BCUT2D eigenvalue weighted by Gasteiger charge is -2.28. The van der Waals surface area contributed by atoms with Gasteiger partial charge in [-0.3, -0.25) is 4.57 Å². The van der Waals surface area contributed by atoms with Gasteiger partial charge in [0, 0.05) is 0 Å². The van der Waals surface area contributed by atoms with Gasteiger partial charge in [-0.15, -0.1) is 0 Å². The van der Waals surface area contributed by atoms with Gasteiger partial charge in [0.25, 0.3) is 7.82 Å². The number of ether oxygens (including phenoxy) is 2. The normalized spacial score (nSPS) is 16.8. The first kappa shape index (κ1) is 21.1. The molecule has 0 aliphatic carbocycles. The van der Waals surface area contributed by atoms with Crippen molar-refractivity contribution in [3.63, 3.8) is 0 Å². The van der Waals surface area contributed by atoms with Crippen molar-refractivity contribution in [3.8, 4) is 0 Å². The Morgan fingerprint density at radius 1 is 1.09 bits per heavy atom. The van der Waals surface area contributed by atoms with Crippen LogP contribution in [0.2, 0.25) is 0 Å². The van der Waals surface area contributed by atoms with Gasteiger partial charge >= 0.3 is 0 Å². The fraction of sp³-hybridized carbons (Fsp3) is 0.714. The molecule has 0 radical (unpaired) electrons. The van der Waals surface area contributed by atoms with Crippen LogP contribution in [0.1, 0.15) is 13.8 Å². The molecule has 0 rings (SSSR count). The number of allylic oxidation sites excluding steroid dienone is 2. The zero-order valence-corrected chi connectivity index (χ0v) is 15.0. The molecule has 0 saturated carbocycles. The predicted octanol–water partition coefficient (Wildman–Crippen LogP) is 1.66. The summed E-state index contributed by atoms with van der Waals surface area (Å²) >= 11 is 0. The molecule has 8 heteroatoms. The van der Waals surface area contributed by atoms with Crippen LogP contribution in [0.15, 0.2) is 24.7 Å². The highest BCUT2D eigenvalue weighted by atomic mass is 31.2. The Hall–Kier alpha value is -0.850. The summed E-state index contributed by atoms with van der Waals surface area (Å²) in [6.07, 6.45) is 5.83. The van der Waals surface area contributed by atoms with Crippen LogP contribution in [0.5, 0.6) is 0 Å². The average Bonchev–Trinajstić information content (AvgIpc) is 2.39. The largest absolute Gasteiger partial charge is 0.756 e. The molecule has 0 saturated heterocycles. The van der Waals surface area contributed by atoms with Crippen molar-refractivity contribution in [2.45, 2.75) is 20.0 Å². The van der Waals surface area contributed by atoms with Crippen molar-refractivity contribution in [1.82, 2.24) is 0 Å². The van der Waals surface area contributed by atoms with E-state index in [9.17, 15) is 9.46 Å². The molecule has 0 aliphatic rings. The molecule has 0 bridgehead atoms. The van der Waals surface area contributed by atoms with Crippen molar-refractivity contribution in [2.75, 3.05) is 47.5 Å². The van der Waals surface area contributed by atoms with Gasteiger partial charge in [0.1, 0.15) is 19.8 Å². The van der Waals surface area contributed by atoms with E-state index < -0.39 is 13.9 Å². The van der Waals surface area contributed by atoms with Crippen LogP contribution < -0.4 is 4.89 Å². The first-order chi connectivity index (χ1) is 10.2. The Labute approximate surface area is 133 Å². The van der Waals surface area contributed by atoms with E-state index in [0.717, 1.165) is 0 Å². The summed E-state index contributed by atoms with van der Waals surface area (Å²) in [5, 5.41) is 0. The van der Waals surface area contributed by atoms with Gasteiger partial charge < -0.3 is 27.9 Å². The Morgan fingerprint density at radius 2 is 1.73 bits per heavy atom.